The fourth-order valence-electron chi connectivity index (χ4n) is 4.39. The highest BCUT2D eigenvalue weighted by Crippen LogP contribution is 2.46. The molecule has 0 saturated heterocycles. The molecule has 0 saturated carbocycles. The first-order chi connectivity index (χ1) is 19.0. The topological polar surface area (TPSA) is 116 Å². The Balaban J connectivity index is 1.68. The molecule has 4 rings (SSSR count). The number of nitrogens with zero attached hydrogens (tertiary/aromatic N) is 1. The largest absolute Gasteiger partial charge is 0.493 e. The van der Waals surface area contributed by atoms with Crippen molar-refractivity contribution < 1.29 is 41.7 Å². The first kappa shape index (κ1) is 29.1. The Morgan fingerprint density at radius 1 is 1.20 bits per heavy atom. The zero-order chi connectivity index (χ0) is 29.1. The molecule has 0 aliphatic carbocycles. The van der Waals surface area contributed by atoms with Crippen molar-refractivity contribution >= 4 is 5.91 Å². The number of alkyl halides is 3. The van der Waals surface area contributed by atoms with Gasteiger partial charge in [-0.05, 0) is 55.0 Å². The summed E-state index contributed by atoms with van der Waals surface area (Å²) in [4.78, 5) is 17.1. The minimum Gasteiger partial charge on any atom is -0.493 e. The highest BCUT2D eigenvalue weighted by molar-refractivity contribution is 5.95. The fourth-order valence-corrected chi connectivity index (χ4v) is 4.39. The number of hydrogen-bond acceptors (Lipinski definition) is 7. The predicted octanol–water partition coefficient (Wildman–Crippen LogP) is 4.30. The van der Waals surface area contributed by atoms with Crippen LogP contribution >= 0.6 is 0 Å². The highest BCUT2D eigenvalue weighted by atomic mass is 19.4. The SMILES string of the molecule is CCC1(N)COc2c1cc(C(CNC(=O)c1ccc(OCCO)c(OC)c1)C(F)(F)F)nc2-c1ccc(F)cc1. The molecular weight excluding hydrogens is 534 g/mol. The van der Waals surface area contributed by atoms with E-state index in [0.29, 0.717) is 17.5 Å². The number of nitrogens with two attached hydrogens (primary N) is 1. The molecule has 2 atom stereocenters. The Bertz CT molecular complexity index is 1370. The van der Waals surface area contributed by atoms with Crippen LogP contribution in [-0.2, 0) is 5.54 Å². The van der Waals surface area contributed by atoms with E-state index in [4.69, 9.17) is 25.1 Å². The van der Waals surface area contributed by atoms with Gasteiger partial charge in [-0.1, -0.05) is 6.92 Å². The van der Waals surface area contributed by atoms with Crippen molar-refractivity contribution in [1.82, 2.24) is 10.3 Å². The summed E-state index contributed by atoms with van der Waals surface area (Å²) in [6.07, 6.45) is -4.39. The van der Waals surface area contributed by atoms with Crippen molar-refractivity contribution in [3.63, 3.8) is 0 Å². The molecule has 2 heterocycles. The number of carbonyl (C=O) groups is 1. The maximum atomic E-state index is 14.4. The number of fused-ring (bicyclic) bond motifs is 1. The molecule has 1 aromatic heterocycles. The van der Waals surface area contributed by atoms with E-state index in [0.717, 1.165) is 0 Å². The number of hydrogen-bond donors (Lipinski definition) is 3. The molecule has 0 spiro atoms. The van der Waals surface area contributed by atoms with Crippen LogP contribution in [0.1, 0.15) is 40.9 Å². The van der Waals surface area contributed by atoms with Crippen molar-refractivity contribution in [2.75, 3.05) is 33.5 Å². The van der Waals surface area contributed by atoms with E-state index in [1.807, 2.05) is 0 Å². The Labute approximate surface area is 228 Å². The number of aliphatic hydroxyl groups excluding tert-OH is 1. The molecule has 2 aromatic carbocycles. The van der Waals surface area contributed by atoms with Crippen LogP contribution < -0.4 is 25.3 Å². The fraction of sp³-hybridized carbons (Fsp3) is 0.357. The number of carbonyl (C=O) groups excluding carboxylic acids is 1. The number of aliphatic hydroxyl groups is 1. The van der Waals surface area contributed by atoms with Crippen molar-refractivity contribution in [1.29, 1.82) is 0 Å². The maximum absolute atomic E-state index is 14.4. The minimum absolute atomic E-state index is 0.00396. The van der Waals surface area contributed by atoms with Gasteiger partial charge in [-0.2, -0.15) is 13.2 Å². The number of ether oxygens (including phenoxy) is 3. The van der Waals surface area contributed by atoms with Crippen LogP contribution in [0.5, 0.6) is 17.2 Å². The summed E-state index contributed by atoms with van der Waals surface area (Å²) in [7, 11) is 1.35. The number of aromatic nitrogens is 1. The lowest BCUT2D eigenvalue weighted by Crippen LogP contribution is -2.38. The van der Waals surface area contributed by atoms with Gasteiger partial charge in [0.05, 0.1) is 24.9 Å². The molecule has 1 aliphatic rings. The van der Waals surface area contributed by atoms with E-state index < -0.39 is 35.9 Å². The van der Waals surface area contributed by atoms with Gasteiger partial charge in [0.25, 0.3) is 5.91 Å². The third kappa shape index (κ3) is 5.97. The van der Waals surface area contributed by atoms with E-state index in [-0.39, 0.29) is 54.0 Å². The molecule has 2 unspecified atom stereocenters. The second-order valence-electron chi connectivity index (χ2n) is 9.32. The summed E-state index contributed by atoms with van der Waals surface area (Å²) in [6.45, 7) is 0.791. The molecule has 8 nitrogen and oxygen atoms in total. The molecule has 0 fully saturated rings. The Morgan fingerprint density at radius 2 is 1.93 bits per heavy atom. The second-order valence-corrected chi connectivity index (χ2v) is 9.32. The summed E-state index contributed by atoms with van der Waals surface area (Å²) in [5, 5.41) is 11.3. The van der Waals surface area contributed by atoms with E-state index in [2.05, 4.69) is 10.3 Å². The van der Waals surface area contributed by atoms with E-state index in [1.165, 1.54) is 55.6 Å². The summed E-state index contributed by atoms with van der Waals surface area (Å²) >= 11 is 0. The first-order valence-corrected chi connectivity index (χ1v) is 12.5. The van der Waals surface area contributed by atoms with Gasteiger partial charge in [0.15, 0.2) is 17.2 Å². The lowest BCUT2D eigenvalue weighted by molar-refractivity contribution is -0.149. The van der Waals surface area contributed by atoms with Crippen LogP contribution in [0.3, 0.4) is 0 Å². The lowest BCUT2D eigenvalue weighted by atomic mass is 9.88. The van der Waals surface area contributed by atoms with Crippen molar-refractivity contribution in [2.24, 2.45) is 5.73 Å². The van der Waals surface area contributed by atoms with Gasteiger partial charge in [-0.3, -0.25) is 4.79 Å². The van der Waals surface area contributed by atoms with Gasteiger partial charge in [0, 0.05) is 23.2 Å². The number of methoxy groups -OCH3 is 1. The predicted molar refractivity (Wildman–Crippen MR) is 138 cm³/mol. The van der Waals surface area contributed by atoms with Gasteiger partial charge in [-0.15, -0.1) is 0 Å². The normalized spacial score (nSPS) is 17.1. The molecular formula is C28H29F4N3O5. The van der Waals surface area contributed by atoms with Gasteiger partial charge in [-0.25, -0.2) is 9.37 Å². The van der Waals surface area contributed by atoms with E-state index >= 15 is 0 Å². The van der Waals surface area contributed by atoms with Gasteiger partial charge >= 0.3 is 6.18 Å². The third-order valence-electron chi connectivity index (χ3n) is 6.75. The van der Waals surface area contributed by atoms with Crippen molar-refractivity contribution in [2.45, 2.75) is 31.0 Å². The van der Waals surface area contributed by atoms with Gasteiger partial charge in [0.2, 0.25) is 0 Å². The summed E-state index contributed by atoms with van der Waals surface area (Å²) in [5.74, 6) is -2.78. The lowest BCUT2D eigenvalue weighted by Gasteiger charge is -2.24. The van der Waals surface area contributed by atoms with Crippen molar-refractivity contribution in [3.8, 4) is 28.5 Å². The molecule has 12 heteroatoms. The van der Waals surface area contributed by atoms with Gasteiger partial charge < -0.3 is 30.4 Å². The minimum atomic E-state index is -4.78. The molecule has 214 valence electrons. The molecule has 0 bridgehead atoms. The number of pyridine rings is 1. The summed E-state index contributed by atoms with van der Waals surface area (Å²) < 4.78 is 73.1. The van der Waals surface area contributed by atoms with Crippen LogP contribution in [0, 0.1) is 5.82 Å². The van der Waals surface area contributed by atoms with E-state index in [1.54, 1.807) is 6.92 Å². The van der Waals surface area contributed by atoms with Gasteiger partial charge in [0.1, 0.15) is 30.6 Å². The highest BCUT2D eigenvalue weighted by Gasteiger charge is 2.45. The van der Waals surface area contributed by atoms with Crippen LogP contribution in [0.15, 0.2) is 48.5 Å². The summed E-state index contributed by atoms with van der Waals surface area (Å²) in [5.41, 5.74) is 5.97. The van der Waals surface area contributed by atoms with Crippen LogP contribution in [0.2, 0.25) is 0 Å². The third-order valence-corrected chi connectivity index (χ3v) is 6.75. The number of amides is 1. The number of benzene rings is 2. The monoisotopic (exact) mass is 563 g/mol. The molecule has 0 radical (unpaired) electrons. The number of rotatable bonds is 10. The molecule has 1 amide bonds. The Morgan fingerprint density at radius 3 is 2.55 bits per heavy atom. The number of nitrogens with one attached hydrogen (secondary N) is 1. The maximum Gasteiger partial charge on any atom is 0.398 e. The first-order valence-electron chi connectivity index (χ1n) is 12.5. The van der Waals surface area contributed by atoms with Crippen LogP contribution in [-0.4, -0.2) is 55.6 Å². The zero-order valence-electron chi connectivity index (χ0n) is 21.8. The number of halogens is 4. The molecule has 40 heavy (non-hydrogen) atoms. The van der Waals surface area contributed by atoms with Crippen LogP contribution in [0.25, 0.3) is 11.3 Å². The zero-order valence-corrected chi connectivity index (χ0v) is 21.8. The Kier molecular flexibility index (Phi) is 8.50. The van der Waals surface area contributed by atoms with E-state index in [9.17, 15) is 22.4 Å². The summed E-state index contributed by atoms with van der Waals surface area (Å²) in [6, 6.07) is 10.6. The Hall–Kier alpha value is -3.90. The average molecular weight is 564 g/mol. The smallest absolute Gasteiger partial charge is 0.398 e. The molecule has 3 aromatic rings. The molecule has 1 aliphatic heterocycles. The standard InChI is InChI=1S/C28H29F4N3O5/c1-3-27(33)15-40-25-19(27)13-21(35-24(25)16-4-7-18(29)8-5-16)20(28(30,31)32)14-34-26(37)17-6-9-22(39-11-10-36)23(12-17)38-2/h4-9,12-13,20,36H,3,10-11,14-15,33H2,1-2H3,(H,34,37). The second kappa shape index (κ2) is 11.7. The quantitative estimate of drug-likeness (QED) is 0.315. The molecule has 4 N–H and O–H groups in total. The van der Waals surface area contributed by atoms with Crippen LogP contribution in [0.4, 0.5) is 17.6 Å². The average Bonchev–Trinajstić information content (AvgIpc) is 3.28. The van der Waals surface area contributed by atoms with Crippen molar-refractivity contribution in [3.05, 3.63) is 71.2 Å².